The van der Waals surface area contributed by atoms with Gasteiger partial charge < -0.3 is 15.7 Å². The molecule has 0 aliphatic carbocycles. The third kappa shape index (κ3) is 4.47. The third-order valence-corrected chi connectivity index (χ3v) is 2.93. The van der Waals surface area contributed by atoms with E-state index < -0.39 is 0 Å². The summed E-state index contributed by atoms with van der Waals surface area (Å²) in [5.74, 6) is 0.0302. The molecule has 0 saturated heterocycles. The Hall–Kier alpha value is -1.39. The van der Waals surface area contributed by atoms with Crippen LogP contribution in [0.5, 0.6) is 0 Å². The maximum Gasteiger partial charge on any atom is 0.253 e. The van der Waals surface area contributed by atoms with E-state index >= 15 is 0 Å². The zero-order valence-corrected chi connectivity index (χ0v) is 10.9. The van der Waals surface area contributed by atoms with Crippen LogP contribution in [0.3, 0.4) is 0 Å². The molecule has 4 heteroatoms. The van der Waals surface area contributed by atoms with E-state index in [0.717, 1.165) is 31.4 Å². The molecule has 0 heterocycles. The van der Waals surface area contributed by atoms with E-state index in [9.17, 15) is 4.79 Å². The highest BCUT2D eigenvalue weighted by Gasteiger charge is 2.10. The predicted molar refractivity (Wildman–Crippen MR) is 72.2 cm³/mol. The molecule has 0 atom stereocenters. The van der Waals surface area contributed by atoms with Gasteiger partial charge in [-0.1, -0.05) is 12.1 Å². The van der Waals surface area contributed by atoms with Crippen molar-refractivity contribution in [3.63, 3.8) is 0 Å². The summed E-state index contributed by atoms with van der Waals surface area (Å²) in [6.45, 7) is 1.43. The second-order valence-electron chi connectivity index (χ2n) is 4.41. The summed E-state index contributed by atoms with van der Waals surface area (Å²) in [5, 5.41) is 8.68. The number of carbonyl (C=O) groups is 1. The minimum atomic E-state index is 0.0302. The molecule has 3 N–H and O–H groups in total. The summed E-state index contributed by atoms with van der Waals surface area (Å²) in [5.41, 5.74) is 7.23. The van der Waals surface area contributed by atoms with Gasteiger partial charge in [0.15, 0.2) is 0 Å². The number of aliphatic hydroxyl groups excluding tert-OH is 1. The Balaban J connectivity index is 2.46. The lowest BCUT2D eigenvalue weighted by molar-refractivity contribution is 0.0792. The SMILES string of the molecule is CN(CCCCCO)C(=O)c1ccc(CN)cc1. The third-order valence-electron chi connectivity index (χ3n) is 2.93. The minimum absolute atomic E-state index is 0.0302. The molecule has 0 aromatic heterocycles. The van der Waals surface area contributed by atoms with Crippen LogP contribution in [-0.2, 0) is 6.54 Å². The first-order valence-corrected chi connectivity index (χ1v) is 6.34. The number of amides is 1. The maximum atomic E-state index is 12.1. The number of nitrogens with two attached hydrogens (primary N) is 1. The van der Waals surface area contributed by atoms with E-state index in [0.29, 0.717) is 12.1 Å². The summed E-state index contributed by atoms with van der Waals surface area (Å²) in [6, 6.07) is 7.39. The van der Waals surface area contributed by atoms with Crippen molar-refractivity contribution in [2.75, 3.05) is 20.2 Å². The lowest BCUT2D eigenvalue weighted by Crippen LogP contribution is -2.27. The smallest absolute Gasteiger partial charge is 0.253 e. The largest absolute Gasteiger partial charge is 0.396 e. The summed E-state index contributed by atoms with van der Waals surface area (Å²) in [6.07, 6.45) is 2.66. The van der Waals surface area contributed by atoms with Gasteiger partial charge in [-0.05, 0) is 37.0 Å². The van der Waals surface area contributed by atoms with E-state index in [4.69, 9.17) is 10.8 Å². The van der Waals surface area contributed by atoms with Crippen LogP contribution < -0.4 is 5.73 Å². The van der Waals surface area contributed by atoms with Gasteiger partial charge in [0, 0.05) is 32.3 Å². The van der Waals surface area contributed by atoms with Crippen molar-refractivity contribution in [1.29, 1.82) is 0 Å². The van der Waals surface area contributed by atoms with Crippen molar-refractivity contribution in [3.05, 3.63) is 35.4 Å². The number of carbonyl (C=O) groups excluding carboxylic acids is 1. The molecular weight excluding hydrogens is 228 g/mol. The molecule has 4 nitrogen and oxygen atoms in total. The van der Waals surface area contributed by atoms with E-state index in [2.05, 4.69) is 0 Å². The van der Waals surface area contributed by atoms with Crippen LogP contribution in [0.15, 0.2) is 24.3 Å². The number of nitrogens with zero attached hydrogens (tertiary/aromatic N) is 1. The van der Waals surface area contributed by atoms with Gasteiger partial charge in [-0.3, -0.25) is 4.79 Å². The topological polar surface area (TPSA) is 66.6 Å². The van der Waals surface area contributed by atoms with E-state index in [1.165, 1.54) is 0 Å². The van der Waals surface area contributed by atoms with Gasteiger partial charge >= 0.3 is 0 Å². The Morgan fingerprint density at radius 3 is 2.44 bits per heavy atom. The Kier molecular flexibility index (Phi) is 6.39. The Labute approximate surface area is 108 Å². The van der Waals surface area contributed by atoms with Crippen LogP contribution in [0.25, 0.3) is 0 Å². The highest BCUT2D eigenvalue weighted by Crippen LogP contribution is 2.07. The Bertz CT molecular complexity index is 363. The van der Waals surface area contributed by atoms with Gasteiger partial charge in [0.2, 0.25) is 0 Å². The predicted octanol–water partition coefficient (Wildman–Crippen LogP) is 1.38. The number of aliphatic hydroxyl groups is 1. The molecule has 0 saturated carbocycles. The molecule has 0 unspecified atom stereocenters. The summed E-state index contributed by atoms with van der Waals surface area (Å²) in [7, 11) is 1.80. The zero-order valence-electron chi connectivity index (χ0n) is 10.9. The van der Waals surface area contributed by atoms with Crippen LogP contribution in [0, 0.1) is 0 Å². The summed E-state index contributed by atoms with van der Waals surface area (Å²) in [4.78, 5) is 13.8. The molecule has 0 aliphatic rings. The molecule has 0 spiro atoms. The van der Waals surface area contributed by atoms with E-state index in [-0.39, 0.29) is 12.5 Å². The summed E-state index contributed by atoms with van der Waals surface area (Å²) < 4.78 is 0. The molecular formula is C14H22N2O2. The quantitative estimate of drug-likeness (QED) is 0.718. The highest BCUT2D eigenvalue weighted by atomic mass is 16.2. The number of benzene rings is 1. The van der Waals surface area contributed by atoms with Crippen molar-refractivity contribution in [2.24, 2.45) is 5.73 Å². The van der Waals surface area contributed by atoms with Gasteiger partial charge in [0.25, 0.3) is 5.91 Å². The van der Waals surface area contributed by atoms with E-state index in [1.54, 1.807) is 11.9 Å². The van der Waals surface area contributed by atoms with Gasteiger partial charge in [0.05, 0.1) is 0 Å². The average Bonchev–Trinajstić information content (AvgIpc) is 2.42. The molecule has 1 aromatic carbocycles. The second-order valence-corrected chi connectivity index (χ2v) is 4.41. The standard InChI is InChI=1S/C14H22N2O2/c1-16(9-3-2-4-10-17)14(18)13-7-5-12(11-15)6-8-13/h5-8,17H,2-4,9-11,15H2,1H3. The fourth-order valence-electron chi connectivity index (χ4n) is 1.74. The van der Waals surface area contributed by atoms with Crippen molar-refractivity contribution < 1.29 is 9.90 Å². The molecule has 1 amide bonds. The summed E-state index contributed by atoms with van der Waals surface area (Å²) >= 11 is 0. The molecule has 1 rings (SSSR count). The Morgan fingerprint density at radius 2 is 1.89 bits per heavy atom. The molecule has 0 fully saturated rings. The highest BCUT2D eigenvalue weighted by molar-refractivity contribution is 5.94. The van der Waals surface area contributed by atoms with Crippen molar-refractivity contribution in [1.82, 2.24) is 4.90 Å². The fourth-order valence-corrected chi connectivity index (χ4v) is 1.74. The molecule has 1 aromatic rings. The van der Waals surface area contributed by atoms with Gasteiger partial charge in [-0.15, -0.1) is 0 Å². The molecule has 0 bridgehead atoms. The minimum Gasteiger partial charge on any atom is -0.396 e. The lowest BCUT2D eigenvalue weighted by Gasteiger charge is -2.17. The number of hydrogen-bond donors (Lipinski definition) is 2. The van der Waals surface area contributed by atoms with Gasteiger partial charge in [-0.25, -0.2) is 0 Å². The first-order valence-electron chi connectivity index (χ1n) is 6.34. The van der Waals surface area contributed by atoms with Crippen molar-refractivity contribution in [2.45, 2.75) is 25.8 Å². The monoisotopic (exact) mass is 250 g/mol. The zero-order chi connectivity index (χ0) is 13.4. The number of unbranched alkanes of at least 4 members (excludes halogenated alkanes) is 2. The van der Waals surface area contributed by atoms with Crippen LogP contribution in [0.4, 0.5) is 0 Å². The normalized spacial score (nSPS) is 10.4. The van der Waals surface area contributed by atoms with Crippen LogP contribution >= 0.6 is 0 Å². The van der Waals surface area contributed by atoms with Gasteiger partial charge in [-0.2, -0.15) is 0 Å². The molecule has 100 valence electrons. The fraction of sp³-hybridized carbons (Fsp3) is 0.500. The second kappa shape index (κ2) is 7.84. The number of hydrogen-bond acceptors (Lipinski definition) is 3. The van der Waals surface area contributed by atoms with Crippen LogP contribution in [0.2, 0.25) is 0 Å². The van der Waals surface area contributed by atoms with E-state index in [1.807, 2.05) is 24.3 Å². The first kappa shape index (κ1) is 14.7. The first-order chi connectivity index (χ1) is 8.69. The van der Waals surface area contributed by atoms with Crippen molar-refractivity contribution >= 4 is 5.91 Å². The Morgan fingerprint density at radius 1 is 1.22 bits per heavy atom. The van der Waals surface area contributed by atoms with Gasteiger partial charge in [0.1, 0.15) is 0 Å². The lowest BCUT2D eigenvalue weighted by atomic mass is 10.1. The van der Waals surface area contributed by atoms with Crippen LogP contribution in [0.1, 0.15) is 35.2 Å². The van der Waals surface area contributed by atoms with Crippen LogP contribution in [-0.4, -0.2) is 36.1 Å². The molecule has 18 heavy (non-hydrogen) atoms. The van der Waals surface area contributed by atoms with Crippen molar-refractivity contribution in [3.8, 4) is 0 Å². The molecule has 0 radical (unpaired) electrons. The molecule has 0 aliphatic heterocycles. The number of rotatable bonds is 7. The maximum absolute atomic E-state index is 12.1. The average molecular weight is 250 g/mol.